The maximum atomic E-state index is 12.5. The summed E-state index contributed by atoms with van der Waals surface area (Å²) in [6.45, 7) is 8.34. The molecule has 2 saturated heterocycles. The lowest BCUT2D eigenvalue weighted by Crippen LogP contribution is -2.65. The molecule has 0 radical (unpaired) electrons. The first-order valence-electron chi connectivity index (χ1n) is 17.9. The summed E-state index contributed by atoms with van der Waals surface area (Å²) < 4.78 is 29.3. The van der Waals surface area contributed by atoms with Crippen LogP contribution < -0.4 is 5.73 Å². The van der Waals surface area contributed by atoms with Gasteiger partial charge in [0.05, 0.1) is 30.0 Å². The van der Waals surface area contributed by atoms with Crippen LogP contribution in [0.4, 0.5) is 0 Å². The van der Waals surface area contributed by atoms with Crippen molar-refractivity contribution in [3.63, 3.8) is 0 Å². The second kappa shape index (κ2) is 12.2. The third-order valence-electron chi connectivity index (χ3n) is 14.2. The van der Waals surface area contributed by atoms with Crippen molar-refractivity contribution in [2.75, 3.05) is 6.61 Å². The molecule has 0 aromatic rings. The fourth-order valence-electron chi connectivity index (χ4n) is 11.3. The molecule has 266 valence electrons. The molecule has 47 heavy (non-hydrogen) atoms. The lowest BCUT2D eigenvalue weighted by atomic mass is 9.43. The van der Waals surface area contributed by atoms with Gasteiger partial charge in [-0.25, -0.2) is 4.79 Å². The second-order valence-corrected chi connectivity index (χ2v) is 16.4. The molecule has 0 amide bonds. The Hall–Kier alpha value is -1.19. The van der Waals surface area contributed by atoms with Crippen molar-refractivity contribution in [2.24, 2.45) is 40.2 Å². The van der Waals surface area contributed by atoms with Crippen molar-refractivity contribution in [2.45, 2.75) is 159 Å². The minimum atomic E-state index is -1.45. The van der Waals surface area contributed by atoms with Crippen LogP contribution in [0.5, 0.6) is 0 Å². The summed E-state index contributed by atoms with van der Waals surface area (Å²) in [5.41, 5.74) is 5.97. The van der Waals surface area contributed by atoms with Gasteiger partial charge in [-0.05, 0) is 106 Å². The van der Waals surface area contributed by atoms with Crippen LogP contribution >= 0.6 is 0 Å². The molecule has 0 aromatic carbocycles. The Morgan fingerprint density at radius 1 is 0.830 bits per heavy atom. The molecule has 7 rings (SSSR count). The third kappa shape index (κ3) is 5.36. The Balaban J connectivity index is 1.01. The highest BCUT2D eigenvalue weighted by atomic mass is 16.7. The predicted molar refractivity (Wildman–Crippen MR) is 166 cm³/mol. The minimum absolute atomic E-state index is 0.0532. The van der Waals surface area contributed by atoms with Gasteiger partial charge in [0, 0.05) is 11.5 Å². The summed E-state index contributed by atoms with van der Waals surface area (Å²) in [5.74, 6) is 0.901. The minimum Gasteiger partial charge on any atom is -0.458 e. The number of aliphatic hydroxyl groups is 5. The van der Waals surface area contributed by atoms with E-state index in [4.69, 9.17) is 29.4 Å². The van der Waals surface area contributed by atoms with Crippen LogP contribution in [0.15, 0.2) is 11.6 Å². The zero-order chi connectivity index (χ0) is 33.6. The van der Waals surface area contributed by atoms with Gasteiger partial charge in [0.2, 0.25) is 0 Å². The predicted octanol–water partition coefficient (Wildman–Crippen LogP) is 1.27. The van der Waals surface area contributed by atoms with Crippen LogP contribution in [0.2, 0.25) is 0 Å². The highest BCUT2D eigenvalue weighted by Crippen LogP contribution is 2.70. The zero-order valence-electron chi connectivity index (χ0n) is 28.1. The van der Waals surface area contributed by atoms with Gasteiger partial charge in [-0.15, -0.1) is 0 Å². The highest BCUT2D eigenvalue weighted by molar-refractivity contribution is 5.85. The Morgan fingerprint density at radius 2 is 1.55 bits per heavy atom. The first-order chi connectivity index (χ1) is 22.2. The van der Waals surface area contributed by atoms with Crippen LogP contribution in [0, 0.1) is 34.5 Å². The van der Waals surface area contributed by atoms with Gasteiger partial charge in [-0.2, -0.15) is 0 Å². The van der Waals surface area contributed by atoms with E-state index in [9.17, 15) is 30.3 Å². The van der Waals surface area contributed by atoms with E-state index in [0.29, 0.717) is 18.4 Å². The van der Waals surface area contributed by atoms with Crippen molar-refractivity contribution in [3.05, 3.63) is 11.6 Å². The summed E-state index contributed by atoms with van der Waals surface area (Å²) in [7, 11) is 0. The summed E-state index contributed by atoms with van der Waals surface area (Å²) in [4.78, 5) is 11.9. The smallest absolute Gasteiger partial charge is 0.331 e. The number of aliphatic hydroxyl groups excluding tert-OH is 4. The van der Waals surface area contributed by atoms with Gasteiger partial charge in [0.1, 0.15) is 37.1 Å². The number of ether oxygens (including phenoxy) is 5. The molecule has 0 spiro atoms. The van der Waals surface area contributed by atoms with Gasteiger partial charge in [0.25, 0.3) is 0 Å². The van der Waals surface area contributed by atoms with Crippen LogP contribution in [0.25, 0.3) is 0 Å². The molecule has 4 aliphatic carbocycles. The van der Waals surface area contributed by atoms with Gasteiger partial charge < -0.3 is 55.0 Å². The number of rotatable bonds is 5. The van der Waals surface area contributed by atoms with E-state index < -0.39 is 67.0 Å². The maximum absolute atomic E-state index is 12.5. The summed E-state index contributed by atoms with van der Waals surface area (Å²) in [6, 6.07) is -0.802. The largest absolute Gasteiger partial charge is 0.458 e. The second-order valence-electron chi connectivity index (χ2n) is 16.4. The number of cyclic esters (lactones) is 1. The highest BCUT2D eigenvalue weighted by Gasteiger charge is 2.68. The van der Waals surface area contributed by atoms with E-state index in [0.717, 1.165) is 63.4 Å². The third-order valence-corrected chi connectivity index (χ3v) is 14.2. The normalized spacial score (nSPS) is 56.3. The Kier molecular flexibility index (Phi) is 8.93. The molecule has 4 saturated carbocycles. The first kappa shape index (κ1) is 34.3. The van der Waals surface area contributed by atoms with Gasteiger partial charge >= 0.3 is 5.97 Å². The number of carbonyl (C=O) groups is 1. The van der Waals surface area contributed by atoms with Gasteiger partial charge in [0.15, 0.2) is 12.6 Å². The molecule has 12 heteroatoms. The van der Waals surface area contributed by atoms with E-state index in [1.54, 1.807) is 19.9 Å². The molecule has 18 atom stereocenters. The molecule has 0 bridgehead atoms. The molecule has 6 fully saturated rings. The molecule has 7 aliphatic rings. The monoisotopic (exact) mass is 665 g/mol. The Morgan fingerprint density at radius 3 is 2.28 bits per heavy atom. The number of nitrogens with two attached hydrogens (primary N) is 1. The van der Waals surface area contributed by atoms with Crippen molar-refractivity contribution in [1.82, 2.24) is 0 Å². The first-order valence-corrected chi connectivity index (χ1v) is 17.9. The van der Waals surface area contributed by atoms with Crippen LogP contribution in [-0.4, -0.2) is 111 Å². The standard InChI is InChI=1S/C35H55NO11/c1-16-25(36)27(39)28(40)31(44-16)47-30-26(38)17(2)45-32(29(30)41)46-20-7-10-33(3)19(14-20)5-6-23-22(33)8-11-34(4)21(9-12-35(23,34)42)18-13-24(37)43-15-18/h13,16-17,19-23,25-32,38-42H,5-12,14-15,36H2,1-4H3/t16?,17?,19-,20+,21-,22?,23-,25+,26+,27?,28+,29+,30?,31+,32+,33?,34?,35+/m1/s1. The van der Waals surface area contributed by atoms with Crippen molar-refractivity contribution >= 4 is 5.97 Å². The summed E-state index contributed by atoms with van der Waals surface area (Å²) in [6.07, 6.45) is -0.607. The average molecular weight is 666 g/mol. The molecular weight excluding hydrogens is 610 g/mol. The van der Waals surface area contributed by atoms with Crippen molar-refractivity contribution in [3.8, 4) is 0 Å². The molecule has 3 heterocycles. The fraction of sp³-hybridized carbons (Fsp3) is 0.914. The molecule has 3 aliphatic heterocycles. The van der Waals surface area contributed by atoms with E-state index in [1.807, 2.05) is 0 Å². The molecule has 0 aromatic heterocycles. The summed E-state index contributed by atoms with van der Waals surface area (Å²) in [5, 5.41) is 55.6. The van der Waals surface area contributed by atoms with Crippen molar-refractivity contribution in [1.29, 1.82) is 0 Å². The number of hydrogen-bond donors (Lipinski definition) is 6. The SMILES string of the molecule is CC1O[C@@H](OC2[C@@H](O)C(C)O[C@@H](O[C@H]3CCC4(C)C5CCC6(C)[C@@H](C7=CC(=O)OC7)CC[C@]6(O)[C@@H]5CC[C@@H]4C3)[C@H]2O)[C@@H](O)C(O)[C@H]1N. The molecule has 12 nitrogen and oxygen atoms in total. The maximum Gasteiger partial charge on any atom is 0.331 e. The number of fused-ring (bicyclic) bond motifs is 5. The van der Waals surface area contributed by atoms with E-state index >= 15 is 0 Å². The Bertz CT molecular complexity index is 1230. The zero-order valence-corrected chi connectivity index (χ0v) is 28.1. The lowest BCUT2D eigenvalue weighted by molar-refractivity contribution is -0.353. The molecule has 7 unspecified atom stereocenters. The number of hydrogen-bond acceptors (Lipinski definition) is 12. The van der Waals surface area contributed by atoms with E-state index in [1.165, 1.54) is 0 Å². The number of carbonyl (C=O) groups excluding carboxylic acids is 1. The van der Waals surface area contributed by atoms with Gasteiger partial charge in [-0.1, -0.05) is 13.8 Å². The number of esters is 1. The topological polar surface area (TPSA) is 190 Å². The molecular formula is C35H55NO11. The summed E-state index contributed by atoms with van der Waals surface area (Å²) >= 11 is 0. The van der Waals surface area contributed by atoms with Crippen LogP contribution in [0.3, 0.4) is 0 Å². The average Bonchev–Trinajstić information content (AvgIpc) is 3.58. The van der Waals surface area contributed by atoms with E-state index in [-0.39, 0.29) is 34.7 Å². The van der Waals surface area contributed by atoms with Crippen LogP contribution in [0.1, 0.15) is 85.5 Å². The van der Waals surface area contributed by atoms with E-state index in [2.05, 4.69) is 13.8 Å². The van der Waals surface area contributed by atoms with Crippen molar-refractivity contribution < 1.29 is 54.0 Å². The van der Waals surface area contributed by atoms with Crippen LogP contribution in [-0.2, 0) is 28.5 Å². The lowest BCUT2D eigenvalue weighted by Gasteiger charge is -2.64. The fourth-order valence-corrected chi connectivity index (χ4v) is 11.3. The molecule has 7 N–H and O–H groups in total. The van der Waals surface area contributed by atoms with Gasteiger partial charge in [-0.3, -0.25) is 0 Å². The Labute approximate surface area is 276 Å². The quantitative estimate of drug-likeness (QED) is 0.183.